The van der Waals surface area contributed by atoms with Crippen molar-refractivity contribution < 1.29 is 18.7 Å². The summed E-state index contributed by atoms with van der Waals surface area (Å²) in [5, 5.41) is 9.56. The molecule has 1 N–H and O–H groups in total. The van der Waals surface area contributed by atoms with E-state index in [0.717, 1.165) is 22.2 Å². The summed E-state index contributed by atoms with van der Waals surface area (Å²) in [6.45, 7) is 0.831. The van der Waals surface area contributed by atoms with Gasteiger partial charge in [0.25, 0.3) is 11.1 Å². The van der Waals surface area contributed by atoms with Crippen LogP contribution >= 0.6 is 11.8 Å². The van der Waals surface area contributed by atoms with E-state index in [1.54, 1.807) is 11.9 Å². The van der Waals surface area contributed by atoms with Crippen LogP contribution in [-0.4, -0.2) is 58.0 Å². The summed E-state index contributed by atoms with van der Waals surface area (Å²) in [7, 11) is 1.75. The number of hydrogen-bond acceptors (Lipinski definition) is 7. The number of para-hydroxylation sites is 3. The Bertz CT molecular complexity index is 1220. The maximum absolute atomic E-state index is 12.6. The molecule has 0 saturated heterocycles. The monoisotopic (exact) mass is 436 g/mol. The first-order valence-electron chi connectivity index (χ1n) is 9.82. The molecule has 1 aliphatic heterocycles. The molecule has 31 heavy (non-hydrogen) atoms. The van der Waals surface area contributed by atoms with Crippen LogP contribution < -0.4 is 9.47 Å². The van der Waals surface area contributed by atoms with Crippen LogP contribution in [0.25, 0.3) is 22.4 Å². The smallest absolute Gasteiger partial charge is 0.277 e. The number of benzene rings is 2. The maximum atomic E-state index is 12.6. The van der Waals surface area contributed by atoms with Gasteiger partial charge in [-0.25, -0.2) is 0 Å². The van der Waals surface area contributed by atoms with Gasteiger partial charge in [-0.1, -0.05) is 42.1 Å². The molecule has 4 aromatic rings. The number of aromatic nitrogens is 3. The number of thioether (sulfide) groups is 1. The van der Waals surface area contributed by atoms with Gasteiger partial charge in [-0.15, -0.1) is 10.2 Å². The number of H-pyrrole nitrogens is 1. The fourth-order valence-corrected chi connectivity index (χ4v) is 4.12. The lowest BCUT2D eigenvalue weighted by Gasteiger charge is -2.29. The predicted octanol–water partition coefficient (Wildman–Crippen LogP) is 3.61. The first-order valence-corrected chi connectivity index (χ1v) is 10.8. The highest BCUT2D eigenvalue weighted by Crippen LogP contribution is 2.31. The number of hydrogen-bond donors (Lipinski definition) is 1. The minimum atomic E-state index is -0.217. The summed E-state index contributed by atoms with van der Waals surface area (Å²) in [6, 6.07) is 15.4. The van der Waals surface area contributed by atoms with E-state index in [1.165, 1.54) is 11.8 Å². The third-order valence-corrected chi connectivity index (χ3v) is 5.82. The molecule has 0 aliphatic carbocycles. The molecule has 3 heterocycles. The van der Waals surface area contributed by atoms with Crippen LogP contribution in [0.1, 0.15) is 0 Å². The largest absolute Gasteiger partial charge is 0.486 e. The van der Waals surface area contributed by atoms with Gasteiger partial charge in [0.05, 0.1) is 17.9 Å². The number of ether oxygens (including phenoxy) is 2. The molecule has 2 aromatic carbocycles. The third-order valence-electron chi connectivity index (χ3n) is 5.02. The third kappa shape index (κ3) is 4.09. The standard InChI is InChI=1S/C22H20N4O4S/c1-26(11-14-12-28-18-8-4-5-9-19(18)29-14)20(27)13-31-22-25-24-21(30-22)16-10-23-17-7-3-2-6-15(16)17/h2-10,14,23H,11-13H2,1H3. The number of fused-ring (bicyclic) bond motifs is 2. The Balaban J connectivity index is 1.17. The molecule has 0 radical (unpaired) electrons. The summed E-state index contributed by atoms with van der Waals surface area (Å²) >= 11 is 1.22. The van der Waals surface area contributed by atoms with Gasteiger partial charge in [0.2, 0.25) is 5.91 Å². The number of aromatic amines is 1. The molecule has 0 bridgehead atoms. The van der Waals surface area contributed by atoms with Gasteiger partial charge in [0.1, 0.15) is 6.61 Å². The van der Waals surface area contributed by atoms with Gasteiger partial charge in [0.15, 0.2) is 17.6 Å². The molecule has 1 atom stereocenters. The molecule has 1 amide bonds. The predicted molar refractivity (Wildman–Crippen MR) is 116 cm³/mol. The van der Waals surface area contributed by atoms with Gasteiger partial charge in [-0.3, -0.25) is 4.79 Å². The van der Waals surface area contributed by atoms with Gasteiger partial charge in [-0.2, -0.15) is 0 Å². The van der Waals surface area contributed by atoms with Crippen LogP contribution in [0.2, 0.25) is 0 Å². The Kier molecular flexibility index (Phi) is 5.25. The molecule has 5 rings (SSSR count). The zero-order chi connectivity index (χ0) is 21.2. The Hall–Kier alpha value is -3.46. The fourth-order valence-electron chi connectivity index (χ4n) is 3.42. The van der Waals surface area contributed by atoms with Crippen LogP contribution in [0.3, 0.4) is 0 Å². The van der Waals surface area contributed by atoms with Crippen molar-refractivity contribution in [2.24, 2.45) is 0 Å². The number of rotatable bonds is 6. The molecule has 1 unspecified atom stereocenters. The van der Waals surface area contributed by atoms with Crippen LogP contribution in [0.5, 0.6) is 11.5 Å². The van der Waals surface area contributed by atoms with Crippen LogP contribution in [0.4, 0.5) is 0 Å². The number of nitrogens with one attached hydrogen (secondary N) is 1. The van der Waals surface area contributed by atoms with Crippen molar-refractivity contribution in [3.63, 3.8) is 0 Å². The molecule has 1 aliphatic rings. The Morgan fingerprint density at radius 1 is 1.16 bits per heavy atom. The van der Waals surface area contributed by atoms with Crippen molar-refractivity contribution in [1.29, 1.82) is 0 Å². The van der Waals surface area contributed by atoms with Crippen LogP contribution in [-0.2, 0) is 4.79 Å². The van der Waals surface area contributed by atoms with E-state index in [1.807, 2.05) is 54.7 Å². The van der Waals surface area contributed by atoms with Crippen molar-refractivity contribution in [2.75, 3.05) is 26.0 Å². The molecule has 0 fully saturated rings. The fraction of sp³-hybridized carbons (Fsp3) is 0.227. The maximum Gasteiger partial charge on any atom is 0.277 e. The molecule has 0 saturated carbocycles. The summed E-state index contributed by atoms with van der Waals surface area (Å²) in [5.41, 5.74) is 1.84. The van der Waals surface area contributed by atoms with Gasteiger partial charge < -0.3 is 23.8 Å². The SMILES string of the molecule is CN(CC1COc2ccccc2O1)C(=O)CSc1nnc(-c2c[nH]c3ccccc23)o1. The number of carbonyl (C=O) groups is 1. The summed E-state index contributed by atoms with van der Waals surface area (Å²) in [4.78, 5) is 17.4. The lowest BCUT2D eigenvalue weighted by atomic mass is 10.2. The highest BCUT2D eigenvalue weighted by Gasteiger charge is 2.24. The molecule has 8 nitrogen and oxygen atoms in total. The van der Waals surface area contributed by atoms with Crippen LogP contribution in [0, 0.1) is 0 Å². The first kappa shape index (κ1) is 19.5. The van der Waals surface area contributed by atoms with E-state index in [0.29, 0.717) is 30.0 Å². The van der Waals surface area contributed by atoms with Gasteiger partial charge in [-0.05, 0) is 18.2 Å². The second-order valence-electron chi connectivity index (χ2n) is 7.18. The quantitative estimate of drug-likeness (QED) is 0.462. The molecule has 158 valence electrons. The summed E-state index contributed by atoms with van der Waals surface area (Å²) in [5.74, 6) is 1.98. The second-order valence-corrected chi connectivity index (χ2v) is 8.11. The molecule has 9 heteroatoms. The molecule has 0 spiro atoms. The van der Waals surface area contributed by atoms with Crippen molar-refractivity contribution >= 4 is 28.6 Å². The number of amides is 1. The van der Waals surface area contributed by atoms with Crippen molar-refractivity contribution in [3.05, 3.63) is 54.7 Å². The first-order chi connectivity index (χ1) is 15.2. The summed E-state index contributed by atoms with van der Waals surface area (Å²) in [6.07, 6.45) is 1.63. The minimum Gasteiger partial charge on any atom is -0.486 e. The zero-order valence-electron chi connectivity index (χ0n) is 16.8. The number of carbonyl (C=O) groups excluding carboxylic acids is 1. The average molecular weight is 436 g/mol. The lowest BCUT2D eigenvalue weighted by Crippen LogP contribution is -2.42. The van der Waals surface area contributed by atoms with E-state index in [2.05, 4.69) is 15.2 Å². The highest BCUT2D eigenvalue weighted by molar-refractivity contribution is 7.99. The second kappa shape index (κ2) is 8.35. The average Bonchev–Trinajstić information content (AvgIpc) is 3.44. The Morgan fingerprint density at radius 3 is 2.87 bits per heavy atom. The van der Waals surface area contributed by atoms with Gasteiger partial charge in [0, 0.05) is 24.1 Å². The zero-order valence-corrected chi connectivity index (χ0v) is 17.6. The van der Waals surface area contributed by atoms with E-state index in [9.17, 15) is 4.79 Å². The number of likely N-dealkylation sites (N-methyl/N-ethyl adjacent to an activating group) is 1. The van der Waals surface area contributed by atoms with Gasteiger partial charge >= 0.3 is 0 Å². The Morgan fingerprint density at radius 2 is 1.97 bits per heavy atom. The highest BCUT2D eigenvalue weighted by atomic mass is 32.2. The molecular formula is C22H20N4O4S. The van der Waals surface area contributed by atoms with Crippen LogP contribution in [0.15, 0.2) is 64.4 Å². The van der Waals surface area contributed by atoms with E-state index in [-0.39, 0.29) is 17.8 Å². The van der Waals surface area contributed by atoms with Crippen molar-refractivity contribution in [1.82, 2.24) is 20.1 Å². The Labute approximate surface area is 182 Å². The summed E-state index contributed by atoms with van der Waals surface area (Å²) < 4.78 is 17.4. The topological polar surface area (TPSA) is 93.5 Å². The van der Waals surface area contributed by atoms with E-state index < -0.39 is 0 Å². The van der Waals surface area contributed by atoms with E-state index in [4.69, 9.17) is 13.9 Å². The lowest BCUT2D eigenvalue weighted by molar-refractivity contribution is -0.128. The molecule has 2 aromatic heterocycles. The van der Waals surface area contributed by atoms with E-state index >= 15 is 0 Å². The minimum absolute atomic E-state index is 0.0562. The molecular weight excluding hydrogens is 416 g/mol. The van der Waals surface area contributed by atoms with Crippen molar-refractivity contribution in [3.8, 4) is 23.0 Å². The number of nitrogens with zero attached hydrogens (tertiary/aromatic N) is 3. The normalized spacial score (nSPS) is 15.2. The van der Waals surface area contributed by atoms with Crippen molar-refractivity contribution in [2.45, 2.75) is 11.3 Å².